The van der Waals surface area contributed by atoms with Gasteiger partial charge in [-0.05, 0) is 18.6 Å². The molecule has 1 heterocycles. The molecule has 0 aromatic heterocycles. The molecule has 1 aliphatic heterocycles. The molecule has 1 aromatic carbocycles. The van der Waals surface area contributed by atoms with E-state index in [-0.39, 0.29) is 24.2 Å². The minimum absolute atomic E-state index is 0.0688. The monoisotopic (exact) mass is 347 g/mol. The van der Waals surface area contributed by atoms with Gasteiger partial charge in [-0.2, -0.15) is 13.2 Å². The molecule has 2 rings (SSSR count). The first kappa shape index (κ1) is 18.1. The van der Waals surface area contributed by atoms with E-state index in [4.69, 9.17) is 0 Å². The van der Waals surface area contributed by atoms with Crippen LogP contribution in [0.25, 0.3) is 0 Å². The van der Waals surface area contributed by atoms with E-state index in [1.807, 2.05) is 37.3 Å². The number of carbonyl (C=O) groups excluding carboxylic acids is 1. The number of piperidine rings is 1. The Kier molecular flexibility index (Phi) is 5.62. The molecule has 1 unspecified atom stereocenters. The van der Waals surface area contributed by atoms with Gasteiger partial charge in [0.25, 0.3) is 0 Å². The van der Waals surface area contributed by atoms with Crippen LogP contribution >= 0.6 is 11.8 Å². The predicted molar refractivity (Wildman–Crippen MR) is 83.2 cm³/mol. The molecule has 0 radical (unpaired) electrons. The van der Waals surface area contributed by atoms with Crippen LogP contribution in [0.1, 0.15) is 26.2 Å². The summed E-state index contributed by atoms with van der Waals surface area (Å²) in [5, 5.41) is 9.35. The number of hydrogen-bond acceptors (Lipinski definition) is 3. The van der Waals surface area contributed by atoms with Gasteiger partial charge in [0.05, 0.1) is 5.25 Å². The number of alkyl halides is 3. The van der Waals surface area contributed by atoms with Gasteiger partial charge in [0.1, 0.15) is 0 Å². The first-order chi connectivity index (χ1) is 10.8. The lowest BCUT2D eigenvalue weighted by molar-refractivity contribution is -0.272. The van der Waals surface area contributed by atoms with Crippen molar-refractivity contribution >= 4 is 17.7 Å². The maximum Gasteiger partial charge on any atom is 0.417 e. The summed E-state index contributed by atoms with van der Waals surface area (Å²) < 4.78 is 38.4. The normalized spacial score (nSPS) is 19.4. The lowest BCUT2D eigenvalue weighted by Gasteiger charge is -2.40. The van der Waals surface area contributed by atoms with Crippen molar-refractivity contribution in [2.75, 3.05) is 13.1 Å². The Morgan fingerprint density at radius 3 is 2.35 bits per heavy atom. The number of hydrogen-bond donors (Lipinski definition) is 1. The SMILES string of the molecule is CCC(Sc1ccccc1)C(=O)N1CCC(O)(C(F)(F)F)CC1. The molecule has 1 aromatic rings. The number of amides is 1. The van der Waals surface area contributed by atoms with Gasteiger partial charge in [0.2, 0.25) is 5.91 Å². The van der Waals surface area contributed by atoms with Crippen LogP contribution in [0.4, 0.5) is 13.2 Å². The molecule has 128 valence electrons. The molecule has 1 saturated heterocycles. The summed E-state index contributed by atoms with van der Waals surface area (Å²) in [6, 6.07) is 9.45. The molecule has 1 aliphatic rings. The van der Waals surface area contributed by atoms with E-state index in [0.717, 1.165) is 4.90 Å². The molecule has 1 amide bonds. The maximum atomic E-state index is 12.8. The zero-order valence-corrected chi connectivity index (χ0v) is 13.7. The van der Waals surface area contributed by atoms with Crippen molar-refractivity contribution in [3.8, 4) is 0 Å². The quantitative estimate of drug-likeness (QED) is 0.848. The molecular weight excluding hydrogens is 327 g/mol. The summed E-state index contributed by atoms with van der Waals surface area (Å²) >= 11 is 1.42. The van der Waals surface area contributed by atoms with E-state index < -0.39 is 24.6 Å². The fraction of sp³-hybridized carbons (Fsp3) is 0.562. The van der Waals surface area contributed by atoms with Crippen LogP contribution in [0.5, 0.6) is 0 Å². The summed E-state index contributed by atoms with van der Waals surface area (Å²) in [6.07, 6.45) is -4.98. The Balaban J connectivity index is 1.98. The standard InChI is InChI=1S/C16H20F3NO2S/c1-2-13(23-12-6-4-3-5-7-12)14(21)20-10-8-15(22,9-11-20)16(17,18)19/h3-7,13,22H,2,8-11H2,1H3. The van der Waals surface area contributed by atoms with Crippen LogP contribution in [0.15, 0.2) is 35.2 Å². The van der Waals surface area contributed by atoms with Crippen molar-refractivity contribution in [1.82, 2.24) is 4.90 Å². The van der Waals surface area contributed by atoms with E-state index in [1.54, 1.807) is 0 Å². The van der Waals surface area contributed by atoms with Crippen molar-refractivity contribution in [2.24, 2.45) is 0 Å². The number of nitrogens with zero attached hydrogens (tertiary/aromatic N) is 1. The molecule has 7 heteroatoms. The van der Waals surface area contributed by atoms with Gasteiger partial charge in [0.15, 0.2) is 5.60 Å². The average molecular weight is 347 g/mol. The third kappa shape index (κ3) is 4.20. The number of aliphatic hydroxyl groups is 1. The maximum absolute atomic E-state index is 12.8. The topological polar surface area (TPSA) is 40.5 Å². The molecule has 1 N–H and O–H groups in total. The number of benzene rings is 1. The third-order valence-corrected chi connectivity index (χ3v) is 5.46. The zero-order chi connectivity index (χ0) is 17.1. The summed E-state index contributed by atoms with van der Waals surface area (Å²) in [5.74, 6) is -0.162. The van der Waals surface area contributed by atoms with Crippen LogP contribution in [0, 0.1) is 0 Å². The largest absolute Gasteiger partial charge is 0.417 e. The molecular formula is C16H20F3NO2S. The van der Waals surface area contributed by atoms with Gasteiger partial charge in [-0.25, -0.2) is 0 Å². The smallest absolute Gasteiger partial charge is 0.380 e. The Hall–Kier alpha value is -1.21. The minimum atomic E-state index is -4.65. The average Bonchev–Trinajstić information content (AvgIpc) is 2.52. The second-order valence-electron chi connectivity index (χ2n) is 5.68. The highest BCUT2D eigenvalue weighted by Gasteiger charge is 2.55. The highest BCUT2D eigenvalue weighted by atomic mass is 32.2. The van der Waals surface area contributed by atoms with Gasteiger partial charge in [-0.3, -0.25) is 4.79 Å². The number of likely N-dealkylation sites (tertiary alicyclic amines) is 1. The summed E-state index contributed by atoms with van der Waals surface area (Å²) in [4.78, 5) is 14.9. The Bertz CT molecular complexity index is 528. The molecule has 0 aliphatic carbocycles. The van der Waals surface area contributed by atoms with Crippen molar-refractivity contribution < 1.29 is 23.1 Å². The van der Waals surface area contributed by atoms with Gasteiger partial charge < -0.3 is 10.0 Å². The summed E-state index contributed by atoms with van der Waals surface area (Å²) in [6.45, 7) is 1.75. The minimum Gasteiger partial charge on any atom is -0.380 e. The van der Waals surface area contributed by atoms with Gasteiger partial charge in [-0.1, -0.05) is 25.1 Å². The van der Waals surface area contributed by atoms with E-state index in [1.165, 1.54) is 16.7 Å². The van der Waals surface area contributed by atoms with Crippen molar-refractivity contribution in [2.45, 2.75) is 48.1 Å². The van der Waals surface area contributed by atoms with Crippen molar-refractivity contribution in [3.05, 3.63) is 30.3 Å². The molecule has 1 atom stereocenters. The zero-order valence-electron chi connectivity index (χ0n) is 12.8. The van der Waals surface area contributed by atoms with E-state index in [9.17, 15) is 23.1 Å². The first-order valence-electron chi connectivity index (χ1n) is 7.56. The molecule has 0 spiro atoms. The lowest BCUT2D eigenvalue weighted by atomic mass is 9.90. The Labute approximate surface area is 137 Å². The molecule has 23 heavy (non-hydrogen) atoms. The fourth-order valence-electron chi connectivity index (χ4n) is 2.56. The summed E-state index contributed by atoms with van der Waals surface area (Å²) in [5.41, 5.74) is -2.67. The second kappa shape index (κ2) is 7.13. The Morgan fingerprint density at radius 1 is 1.30 bits per heavy atom. The predicted octanol–water partition coefficient (Wildman–Crippen LogP) is 3.47. The van der Waals surface area contributed by atoms with Gasteiger partial charge >= 0.3 is 6.18 Å². The van der Waals surface area contributed by atoms with Crippen LogP contribution in [0.2, 0.25) is 0 Å². The number of rotatable bonds is 4. The molecule has 0 bridgehead atoms. The first-order valence-corrected chi connectivity index (χ1v) is 8.44. The van der Waals surface area contributed by atoms with Crippen LogP contribution in [-0.4, -0.2) is 46.0 Å². The van der Waals surface area contributed by atoms with Gasteiger partial charge in [-0.15, -0.1) is 11.8 Å². The molecule has 1 fully saturated rings. The van der Waals surface area contributed by atoms with Gasteiger partial charge in [0, 0.05) is 30.8 Å². The number of halogens is 3. The second-order valence-corrected chi connectivity index (χ2v) is 6.96. The highest BCUT2D eigenvalue weighted by Crippen LogP contribution is 2.39. The van der Waals surface area contributed by atoms with E-state index in [0.29, 0.717) is 6.42 Å². The Morgan fingerprint density at radius 2 is 1.87 bits per heavy atom. The van der Waals surface area contributed by atoms with Crippen molar-refractivity contribution in [3.63, 3.8) is 0 Å². The summed E-state index contributed by atoms with van der Waals surface area (Å²) in [7, 11) is 0. The van der Waals surface area contributed by atoms with Crippen LogP contribution < -0.4 is 0 Å². The number of carbonyl (C=O) groups is 1. The fourth-order valence-corrected chi connectivity index (χ4v) is 3.62. The lowest BCUT2D eigenvalue weighted by Crippen LogP contribution is -2.55. The molecule has 3 nitrogen and oxygen atoms in total. The number of thioether (sulfide) groups is 1. The third-order valence-electron chi connectivity index (χ3n) is 4.10. The van der Waals surface area contributed by atoms with E-state index in [2.05, 4.69) is 0 Å². The van der Waals surface area contributed by atoms with Crippen LogP contribution in [0.3, 0.4) is 0 Å². The van der Waals surface area contributed by atoms with E-state index >= 15 is 0 Å². The molecule has 0 saturated carbocycles. The highest BCUT2D eigenvalue weighted by molar-refractivity contribution is 8.00. The van der Waals surface area contributed by atoms with Crippen molar-refractivity contribution in [1.29, 1.82) is 0 Å². The van der Waals surface area contributed by atoms with Crippen LogP contribution in [-0.2, 0) is 4.79 Å².